The van der Waals surface area contributed by atoms with E-state index in [1.165, 1.54) is 16.7 Å². The molecular weight excluding hydrogens is 394 g/mol. The number of thiocarbonyl (C=S) groups is 1. The number of rotatable bonds is 6. The maximum atomic E-state index is 12.4. The molecule has 0 aromatic heterocycles. The molecule has 0 bridgehead atoms. The van der Waals surface area contributed by atoms with Gasteiger partial charge in [-0.3, -0.25) is 9.69 Å². The van der Waals surface area contributed by atoms with Crippen molar-refractivity contribution >= 4 is 46.3 Å². The molecular formula is C21H17NO4S2. The van der Waals surface area contributed by atoms with Crippen LogP contribution in [0.4, 0.5) is 0 Å². The Bertz CT molecular complexity index is 967. The predicted molar refractivity (Wildman–Crippen MR) is 114 cm³/mol. The van der Waals surface area contributed by atoms with Gasteiger partial charge in [-0.05, 0) is 48.0 Å². The minimum Gasteiger partial charge on any atom is -0.497 e. The summed E-state index contributed by atoms with van der Waals surface area (Å²) in [6.45, 7) is 4.01. The van der Waals surface area contributed by atoms with E-state index in [2.05, 4.69) is 6.58 Å². The van der Waals surface area contributed by atoms with Crippen molar-refractivity contribution in [2.75, 3.05) is 13.7 Å². The van der Waals surface area contributed by atoms with Crippen molar-refractivity contribution in [3.63, 3.8) is 0 Å². The summed E-state index contributed by atoms with van der Waals surface area (Å²) in [4.78, 5) is 26.7. The highest BCUT2D eigenvalue weighted by molar-refractivity contribution is 8.26. The molecule has 0 saturated carbocycles. The fourth-order valence-corrected chi connectivity index (χ4v) is 3.77. The van der Waals surface area contributed by atoms with E-state index in [9.17, 15) is 9.59 Å². The molecule has 0 atom stereocenters. The molecule has 1 amide bonds. The van der Waals surface area contributed by atoms with Gasteiger partial charge >= 0.3 is 5.97 Å². The van der Waals surface area contributed by atoms with Gasteiger partial charge in [-0.15, -0.1) is 6.58 Å². The van der Waals surface area contributed by atoms with Gasteiger partial charge in [0.05, 0.1) is 17.6 Å². The average molecular weight is 412 g/mol. The van der Waals surface area contributed by atoms with Crippen LogP contribution in [0.5, 0.6) is 11.5 Å². The van der Waals surface area contributed by atoms with Crippen molar-refractivity contribution in [1.29, 1.82) is 0 Å². The van der Waals surface area contributed by atoms with E-state index in [1.54, 1.807) is 61.7 Å². The summed E-state index contributed by atoms with van der Waals surface area (Å²) in [6.07, 6.45) is 3.36. The smallest absolute Gasteiger partial charge is 0.343 e. The van der Waals surface area contributed by atoms with Crippen molar-refractivity contribution < 1.29 is 19.1 Å². The standard InChI is InChI=1S/C21H17NO4S2/c1-3-11-22-19(23)18(28-21(22)27)13-14-5-4-6-17(12-14)26-20(24)15-7-9-16(25-2)10-8-15/h3-10,12-13H,1,11H2,2H3. The Hall–Kier alpha value is -2.90. The molecule has 0 radical (unpaired) electrons. The molecule has 0 aliphatic carbocycles. The molecule has 2 aromatic carbocycles. The number of nitrogens with zero attached hydrogens (tertiary/aromatic N) is 1. The molecule has 5 nitrogen and oxygen atoms in total. The minimum atomic E-state index is -0.475. The maximum absolute atomic E-state index is 12.4. The van der Waals surface area contributed by atoms with E-state index >= 15 is 0 Å². The van der Waals surface area contributed by atoms with Crippen LogP contribution in [0.15, 0.2) is 66.1 Å². The summed E-state index contributed by atoms with van der Waals surface area (Å²) in [5.41, 5.74) is 1.15. The summed E-state index contributed by atoms with van der Waals surface area (Å²) in [7, 11) is 1.56. The lowest BCUT2D eigenvalue weighted by Gasteiger charge is -2.10. The van der Waals surface area contributed by atoms with Crippen LogP contribution in [0.1, 0.15) is 15.9 Å². The largest absolute Gasteiger partial charge is 0.497 e. The van der Waals surface area contributed by atoms with Crippen LogP contribution in [0.3, 0.4) is 0 Å². The highest BCUT2D eigenvalue weighted by Gasteiger charge is 2.30. The lowest BCUT2D eigenvalue weighted by Crippen LogP contribution is -2.27. The Balaban J connectivity index is 1.75. The van der Waals surface area contributed by atoms with E-state index in [0.717, 1.165) is 5.56 Å². The molecule has 1 saturated heterocycles. The third-order valence-corrected chi connectivity index (χ3v) is 5.26. The number of benzene rings is 2. The molecule has 28 heavy (non-hydrogen) atoms. The number of carbonyl (C=O) groups is 2. The van der Waals surface area contributed by atoms with Crippen LogP contribution in [-0.4, -0.2) is 34.8 Å². The van der Waals surface area contributed by atoms with Gasteiger partial charge in [0, 0.05) is 6.54 Å². The molecule has 0 spiro atoms. The second-order valence-corrected chi connectivity index (χ2v) is 7.45. The third-order valence-electron chi connectivity index (χ3n) is 3.88. The molecule has 1 heterocycles. The van der Waals surface area contributed by atoms with Crippen LogP contribution in [0.25, 0.3) is 6.08 Å². The number of thioether (sulfide) groups is 1. The van der Waals surface area contributed by atoms with E-state index in [1.807, 2.05) is 6.07 Å². The van der Waals surface area contributed by atoms with Crippen molar-refractivity contribution in [2.24, 2.45) is 0 Å². The number of methoxy groups -OCH3 is 1. The molecule has 2 aromatic rings. The highest BCUT2D eigenvalue weighted by Crippen LogP contribution is 2.32. The number of esters is 1. The van der Waals surface area contributed by atoms with Gasteiger partial charge in [0.15, 0.2) is 0 Å². The number of amides is 1. The summed E-state index contributed by atoms with van der Waals surface area (Å²) in [5, 5.41) is 0. The Kier molecular flexibility index (Phi) is 6.28. The van der Waals surface area contributed by atoms with E-state index < -0.39 is 5.97 Å². The van der Waals surface area contributed by atoms with Crippen molar-refractivity contribution in [2.45, 2.75) is 0 Å². The first-order valence-corrected chi connectivity index (χ1v) is 9.57. The maximum Gasteiger partial charge on any atom is 0.343 e. The van der Waals surface area contributed by atoms with Crippen LogP contribution in [0, 0.1) is 0 Å². The van der Waals surface area contributed by atoms with Gasteiger partial charge in [0.25, 0.3) is 5.91 Å². The van der Waals surface area contributed by atoms with Gasteiger partial charge in [-0.2, -0.15) is 0 Å². The third kappa shape index (κ3) is 4.49. The zero-order valence-corrected chi connectivity index (χ0v) is 16.7. The Morgan fingerprint density at radius 3 is 2.64 bits per heavy atom. The predicted octanol–water partition coefficient (Wildman–Crippen LogP) is 4.30. The molecule has 1 aliphatic rings. The Morgan fingerprint density at radius 1 is 1.21 bits per heavy atom. The molecule has 0 N–H and O–H groups in total. The Morgan fingerprint density at radius 2 is 1.96 bits per heavy atom. The lowest BCUT2D eigenvalue weighted by molar-refractivity contribution is -0.121. The molecule has 1 fully saturated rings. The van der Waals surface area contributed by atoms with Gasteiger partial charge < -0.3 is 9.47 Å². The monoisotopic (exact) mass is 411 g/mol. The first kappa shape index (κ1) is 19.9. The van der Waals surface area contributed by atoms with Gasteiger partial charge in [-0.25, -0.2) is 4.79 Å². The van der Waals surface area contributed by atoms with Gasteiger partial charge in [-0.1, -0.05) is 42.2 Å². The van der Waals surface area contributed by atoms with E-state index in [4.69, 9.17) is 21.7 Å². The van der Waals surface area contributed by atoms with Crippen LogP contribution in [-0.2, 0) is 4.79 Å². The highest BCUT2D eigenvalue weighted by atomic mass is 32.2. The second-order valence-electron chi connectivity index (χ2n) is 5.77. The summed E-state index contributed by atoms with van der Waals surface area (Å²) < 4.78 is 11.0. The first-order valence-electron chi connectivity index (χ1n) is 8.34. The first-order chi connectivity index (χ1) is 13.5. The van der Waals surface area contributed by atoms with Gasteiger partial charge in [0.2, 0.25) is 0 Å². The van der Waals surface area contributed by atoms with E-state index in [-0.39, 0.29) is 5.91 Å². The number of hydrogen-bond acceptors (Lipinski definition) is 6. The molecule has 7 heteroatoms. The number of ether oxygens (including phenoxy) is 2. The van der Waals surface area contributed by atoms with Crippen LogP contribution < -0.4 is 9.47 Å². The number of carbonyl (C=O) groups excluding carboxylic acids is 2. The molecule has 0 unspecified atom stereocenters. The Labute approximate surface area is 172 Å². The molecule has 1 aliphatic heterocycles. The second kappa shape index (κ2) is 8.86. The summed E-state index contributed by atoms with van der Waals surface area (Å²) in [6, 6.07) is 13.6. The minimum absolute atomic E-state index is 0.157. The SMILES string of the molecule is C=CCN1C(=O)C(=Cc2cccc(OC(=O)c3ccc(OC)cc3)c2)SC1=S. The fourth-order valence-electron chi connectivity index (χ4n) is 2.50. The van der Waals surface area contributed by atoms with Crippen LogP contribution >= 0.6 is 24.0 Å². The lowest BCUT2D eigenvalue weighted by atomic mass is 10.2. The normalized spacial score (nSPS) is 15.0. The van der Waals surface area contributed by atoms with Crippen molar-refractivity contribution in [3.8, 4) is 11.5 Å². The summed E-state index contributed by atoms with van der Waals surface area (Å²) in [5.74, 6) is 0.413. The van der Waals surface area contributed by atoms with Crippen LogP contribution in [0.2, 0.25) is 0 Å². The van der Waals surface area contributed by atoms with E-state index in [0.29, 0.717) is 32.8 Å². The zero-order chi connectivity index (χ0) is 20.1. The zero-order valence-electron chi connectivity index (χ0n) is 15.1. The van der Waals surface area contributed by atoms with Crippen molar-refractivity contribution in [1.82, 2.24) is 4.90 Å². The molecule has 142 valence electrons. The quantitative estimate of drug-likeness (QED) is 0.232. The molecule has 3 rings (SSSR count). The van der Waals surface area contributed by atoms with Gasteiger partial charge in [0.1, 0.15) is 15.8 Å². The average Bonchev–Trinajstić information content (AvgIpc) is 2.96. The number of hydrogen-bond donors (Lipinski definition) is 0. The van der Waals surface area contributed by atoms with Crippen molar-refractivity contribution in [3.05, 3.63) is 77.2 Å². The topological polar surface area (TPSA) is 55.8 Å². The summed E-state index contributed by atoms with van der Waals surface area (Å²) >= 11 is 6.47. The fraction of sp³-hybridized carbons (Fsp3) is 0.0952.